The first-order valence-electron chi connectivity index (χ1n) is 5.73. The molecule has 1 N–H and O–H groups in total. The standard InChI is InChI=1S/C15H14O3/c1-2-3-10-18-14-12-7-5-4-6-11(12)8-9-13(14)15(16)17/h2-9H,10H2,1H3,(H,16,17). The Kier molecular flexibility index (Phi) is 3.63. The van der Waals surface area contributed by atoms with Crippen molar-refractivity contribution in [1.82, 2.24) is 0 Å². The molecule has 18 heavy (non-hydrogen) atoms. The van der Waals surface area contributed by atoms with Gasteiger partial charge in [0.05, 0.1) is 0 Å². The van der Waals surface area contributed by atoms with E-state index in [1.807, 2.05) is 43.3 Å². The Morgan fingerprint density at radius 3 is 2.78 bits per heavy atom. The van der Waals surface area contributed by atoms with Crippen LogP contribution in [-0.2, 0) is 0 Å². The summed E-state index contributed by atoms with van der Waals surface area (Å²) in [4.78, 5) is 11.2. The third-order valence-corrected chi connectivity index (χ3v) is 2.67. The lowest BCUT2D eigenvalue weighted by Crippen LogP contribution is -2.03. The number of aromatic carboxylic acids is 1. The molecule has 0 atom stereocenters. The minimum Gasteiger partial charge on any atom is -0.488 e. The minimum absolute atomic E-state index is 0.193. The molecule has 0 aliphatic rings. The lowest BCUT2D eigenvalue weighted by Gasteiger charge is -2.10. The molecular formula is C15H14O3. The van der Waals surface area contributed by atoms with Gasteiger partial charge in [0.1, 0.15) is 17.9 Å². The maximum absolute atomic E-state index is 11.2. The van der Waals surface area contributed by atoms with Crippen LogP contribution in [0.25, 0.3) is 10.8 Å². The number of carbonyl (C=O) groups is 1. The van der Waals surface area contributed by atoms with Crippen molar-refractivity contribution in [2.45, 2.75) is 6.92 Å². The highest BCUT2D eigenvalue weighted by atomic mass is 16.5. The Hall–Kier alpha value is -2.29. The van der Waals surface area contributed by atoms with Crippen LogP contribution in [0.3, 0.4) is 0 Å². The third-order valence-electron chi connectivity index (χ3n) is 2.67. The summed E-state index contributed by atoms with van der Waals surface area (Å²) < 4.78 is 5.58. The van der Waals surface area contributed by atoms with E-state index in [1.54, 1.807) is 12.1 Å². The molecule has 0 bridgehead atoms. The fourth-order valence-electron chi connectivity index (χ4n) is 1.79. The maximum Gasteiger partial charge on any atom is 0.339 e. The summed E-state index contributed by atoms with van der Waals surface area (Å²) in [6, 6.07) is 11.0. The van der Waals surface area contributed by atoms with E-state index in [1.165, 1.54) is 0 Å². The molecular weight excluding hydrogens is 228 g/mol. The first-order valence-corrected chi connectivity index (χ1v) is 5.73. The van der Waals surface area contributed by atoms with Gasteiger partial charge in [0.25, 0.3) is 0 Å². The number of hydrogen-bond acceptors (Lipinski definition) is 2. The van der Waals surface area contributed by atoms with Crippen molar-refractivity contribution in [3.63, 3.8) is 0 Å². The van der Waals surface area contributed by atoms with Crippen LogP contribution in [0.15, 0.2) is 48.6 Å². The Labute approximate surface area is 105 Å². The van der Waals surface area contributed by atoms with Gasteiger partial charge in [-0.1, -0.05) is 42.5 Å². The molecule has 3 heteroatoms. The largest absolute Gasteiger partial charge is 0.488 e. The second-order valence-electron chi connectivity index (χ2n) is 3.85. The molecule has 2 aromatic carbocycles. The molecule has 0 aromatic heterocycles. The predicted octanol–water partition coefficient (Wildman–Crippen LogP) is 3.49. The van der Waals surface area contributed by atoms with Crippen molar-refractivity contribution in [1.29, 1.82) is 0 Å². The Balaban J connectivity index is 2.55. The average Bonchev–Trinajstić information content (AvgIpc) is 2.38. The third kappa shape index (κ3) is 2.35. The number of allylic oxidation sites excluding steroid dienone is 1. The number of ether oxygens (including phenoxy) is 1. The molecule has 2 aromatic rings. The Morgan fingerprint density at radius 2 is 2.06 bits per heavy atom. The minimum atomic E-state index is -0.976. The summed E-state index contributed by atoms with van der Waals surface area (Å²) in [7, 11) is 0. The van der Waals surface area contributed by atoms with Crippen LogP contribution in [0.5, 0.6) is 5.75 Å². The molecule has 0 saturated carbocycles. The van der Waals surface area contributed by atoms with Crippen molar-refractivity contribution >= 4 is 16.7 Å². The van der Waals surface area contributed by atoms with E-state index in [9.17, 15) is 9.90 Å². The van der Waals surface area contributed by atoms with Crippen LogP contribution in [0.2, 0.25) is 0 Å². The average molecular weight is 242 g/mol. The van der Waals surface area contributed by atoms with Crippen molar-refractivity contribution in [2.75, 3.05) is 6.61 Å². The quantitative estimate of drug-likeness (QED) is 0.835. The molecule has 2 rings (SSSR count). The van der Waals surface area contributed by atoms with E-state index in [-0.39, 0.29) is 5.56 Å². The normalized spacial score (nSPS) is 10.9. The van der Waals surface area contributed by atoms with Crippen LogP contribution < -0.4 is 4.74 Å². The van der Waals surface area contributed by atoms with Crippen LogP contribution in [0, 0.1) is 0 Å². The summed E-state index contributed by atoms with van der Waals surface area (Å²) in [5, 5.41) is 11.0. The molecule has 0 unspecified atom stereocenters. The highest BCUT2D eigenvalue weighted by molar-refractivity contribution is 6.00. The van der Waals surface area contributed by atoms with E-state index < -0.39 is 5.97 Å². The van der Waals surface area contributed by atoms with E-state index in [0.717, 1.165) is 10.8 Å². The molecule has 0 fully saturated rings. The van der Waals surface area contributed by atoms with Gasteiger partial charge >= 0.3 is 5.97 Å². The van der Waals surface area contributed by atoms with Gasteiger partial charge in [-0.15, -0.1) is 0 Å². The van der Waals surface area contributed by atoms with Gasteiger partial charge in [-0.3, -0.25) is 0 Å². The number of benzene rings is 2. The molecule has 0 radical (unpaired) electrons. The Morgan fingerprint density at radius 1 is 1.28 bits per heavy atom. The van der Waals surface area contributed by atoms with Gasteiger partial charge in [0.15, 0.2) is 0 Å². The molecule has 0 heterocycles. The van der Waals surface area contributed by atoms with Gasteiger partial charge in [-0.05, 0) is 18.4 Å². The van der Waals surface area contributed by atoms with Gasteiger partial charge in [0.2, 0.25) is 0 Å². The van der Waals surface area contributed by atoms with Gasteiger partial charge < -0.3 is 9.84 Å². The lowest BCUT2D eigenvalue weighted by atomic mass is 10.1. The van der Waals surface area contributed by atoms with Crippen LogP contribution in [0.1, 0.15) is 17.3 Å². The topological polar surface area (TPSA) is 46.5 Å². The lowest BCUT2D eigenvalue weighted by molar-refractivity contribution is 0.0693. The summed E-state index contributed by atoms with van der Waals surface area (Å²) in [6.45, 7) is 2.26. The van der Waals surface area contributed by atoms with Crippen molar-refractivity contribution in [3.05, 3.63) is 54.1 Å². The summed E-state index contributed by atoms with van der Waals surface area (Å²) in [5.74, 6) is -0.546. The highest BCUT2D eigenvalue weighted by Crippen LogP contribution is 2.29. The Bertz CT molecular complexity index is 600. The first-order chi connectivity index (χ1) is 8.74. The molecule has 0 aliphatic carbocycles. The summed E-state index contributed by atoms with van der Waals surface area (Å²) >= 11 is 0. The van der Waals surface area contributed by atoms with Gasteiger partial charge in [-0.2, -0.15) is 0 Å². The van der Waals surface area contributed by atoms with Gasteiger partial charge in [0, 0.05) is 5.39 Å². The zero-order valence-electron chi connectivity index (χ0n) is 10.1. The van der Waals surface area contributed by atoms with Crippen molar-refractivity contribution < 1.29 is 14.6 Å². The predicted molar refractivity (Wildman–Crippen MR) is 71.2 cm³/mol. The molecule has 0 saturated heterocycles. The van der Waals surface area contributed by atoms with E-state index in [0.29, 0.717) is 12.4 Å². The number of carboxylic acids is 1. The van der Waals surface area contributed by atoms with E-state index >= 15 is 0 Å². The second kappa shape index (κ2) is 5.36. The maximum atomic E-state index is 11.2. The summed E-state index contributed by atoms with van der Waals surface area (Å²) in [6.07, 6.45) is 3.71. The fraction of sp³-hybridized carbons (Fsp3) is 0.133. The summed E-state index contributed by atoms with van der Waals surface area (Å²) in [5.41, 5.74) is 0.193. The zero-order chi connectivity index (χ0) is 13.0. The van der Waals surface area contributed by atoms with Crippen LogP contribution in [-0.4, -0.2) is 17.7 Å². The number of hydrogen-bond donors (Lipinski definition) is 1. The van der Waals surface area contributed by atoms with Crippen molar-refractivity contribution in [3.8, 4) is 5.75 Å². The monoisotopic (exact) mass is 242 g/mol. The highest BCUT2D eigenvalue weighted by Gasteiger charge is 2.14. The molecule has 3 nitrogen and oxygen atoms in total. The van der Waals surface area contributed by atoms with Crippen LogP contribution in [0.4, 0.5) is 0 Å². The smallest absolute Gasteiger partial charge is 0.339 e. The first kappa shape index (κ1) is 12.2. The number of carboxylic acid groups (broad SMARTS) is 1. The molecule has 92 valence electrons. The zero-order valence-corrected chi connectivity index (χ0v) is 10.1. The van der Waals surface area contributed by atoms with E-state index in [2.05, 4.69) is 0 Å². The number of fused-ring (bicyclic) bond motifs is 1. The molecule has 0 aliphatic heterocycles. The van der Waals surface area contributed by atoms with Crippen LogP contribution >= 0.6 is 0 Å². The molecule has 0 amide bonds. The van der Waals surface area contributed by atoms with E-state index in [4.69, 9.17) is 4.74 Å². The second-order valence-corrected chi connectivity index (χ2v) is 3.85. The van der Waals surface area contributed by atoms with Gasteiger partial charge in [-0.25, -0.2) is 4.79 Å². The van der Waals surface area contributed by atoms with Crippen molar-refractivity contribution in [2.24, 2.45) is 0 Å². The fourth-order valence-corrected chi connectivity index (χ4v) is 1.79. The number of rotatable bonds is 4. The molecule has 0 spiro atoms. The SMILES string of the molecule is CC=CCOc1c(C(=O)O)ccc2ccccc12.